The summed E-state index contributed by atoms with van der Waals surface area (Å²) < 4.78 is 7.47. The van der Waals surface area contributed by atoms with Gasteiger partial charge in [0.25, 0.3) is 11.8 Å². The zero-order valence-electron chi connectivity index (χ0n) is 38.4. The molecule has 0 aliphatic rings. The van der Waals surface area contributed by atoms with E-state index in [1.807, 2.05) is 127 Å². The number of benzene rings is 2. The quantitative estimate of drug-likeness (QED) is 0.0786. The van der Waals surface area contributed by atoms with E-state index < -0.39 is 0 Å². The summed E-state index contributed by atoms with van der Waals surface area (Å²) in [7, 11) is 0. The van der Waals surface area contributed by atoms with Crippen LogP contribution in [0.4, 0.5) is 11.4 Å². The van der Waals surface area contributed by atoms with Crippen molar-refractivity contribution < 1.29 is 19.2 Å². The largest absolute Gasteiger partial charge is 0.322 e. The average molecular weight is 889 g/mol. The average Bonchev–Trinajstić information content (AvgIpc) is 4.12. The molecular formula is C50H56N12O4. The summed E-state index contributed by atoms with van der Waals surface area (Å²) in [5.41, 5.74) is 11.0. The van der Waals surface area contributed by atoms with Crippen molar-refractivity contribution >= 4 is 46.0 Å². The van der Waals surface area contributed by atoms with Crippen LogP contribution >= 0.6 is 0 Å². The van der Waals surface area contributed by atoms with E-state index in [1.54, 1.807) is 30.7 Å². The van der Waals surface area contributed by atoms with Gasteiger partial charge in [0.1, 0.15) is 34.2 Å². The van der Waals surface area contributed by atoms with Gasteiger partial charge in [-0.05, 0) is 116 Å². The molecule has 0 aliphatic heterocycles. The molecule has 8 aromatic rings. The Kier molecular flexibility index (Phi) is 15.0. The fourth-order valence-corrected chi connectivity index (χ4v) is 7.72. The molecule has 6 heterocycles. The Morgan fingerprint density at radius 1 is 0.515 bits per heavy atom. The Bertz CT molecular complexity index is 2980. The van der Waals surface area contributed by atoms with E-state index in [1.165, 1.54) is 0 Å². The first-order valence-electron chi connectivity index (χ1n) is 22.3. The van der Waals surface area contributed by atoms with Crippen molar-refractivity contribution in [2.24, 2.45) is 0 Å². The van der Waals surface area contributed by atoms with Crippen molar-refractivity contribution in [2.75, 3.05) is 10.6 Å². The summed E-state index contributed by atoms with van der Waals surface area (Å²) in [6, 6.07) is 22.6. The van der Waals surface area contributed by atoms with Crippen LogP contribution in [0.25, 0.3) is 33.8 Å². The highest BCUT2D eigenvalue weighted by atomic mass is 16.2. The fraction of sp³-hybridized carbons (Fsp3) is 0.320. The van der Waals surface area contributed by atoms with Gasteiger partial charge in [-0.25, -0.2) is 9.97 Å². The van der Waals surface area contributed by atoms with Crippen LogP contribution in [-0.2, 0) is 22.7 Å². The number of hydrogen-bond acceptors (Lipinski definition) is 10. The SMILES string of the molecule is CC(=O)CCCCCCn1cc(-c2ccc(NC(=O)c3ccn4c(C)cc(C)nc34)cc2)nn1.CC(=O)CCCCn1cc(-c2ccc(NC(=O)c3ccn4c(C)cc(C)nc34)cc2)nn1. The normalized spacial score (nSPS) is 11.1. The number of amides is 2. The molecule has 2 amide bonds. The summed E-state index contributed by atoms with van der Waals surface area (Å²) in [6.45, 7) is 12.6. The van der Waals surface area contributed by atoms with Crippen molar-refractivity contribution in [2.45, 2.75) is 106 Å². The third-order valence-electron chi connectivity index (χ3n) is 11.2. The van der Waals surface area contributed by atoms with Gasteiger partial charge in [0, 0.05) is 83.6 Å². The number of hydrogen-bond donors (Lipinski definition) is 2. The molecule has 66 heavy (non-hydrogen) atoms. The number of nitrogens with one attached hydrogen (secondary N) is 2. The lowest BCUT2D eigenvalue weighted by atomic mass is 10.1. The van der Waals surface area contributed by atoms with Crippen molar-refractivity contribution in [3.8, 4) is 22.5 Å². The third kappa shape index (κ3) is 11.9. The van der Waals surface area contributed by atoms with Crippen LogP contribution in [0.5, 0.6) is 0 Å². The van der Waals surface area contributed by atoms with Gasteiger partial charge in [-0.2, -0.15) is 0 Å². The highest BCUT2D eigenvalue weighted by Gasteiger charge is 2.17. The molecule has 0 spiro atoms. The van der Waals surface area contributed by atoms with Gasteiger partial charge in [-0.3, -0.25) is 19.0 Å². The molecule has 0 atom stereocenters. The molecule has 0 bridgehead atoms. The number of unbranched alkanes of at least 4 members (excludes halogenated alkanes) is 4. The first kappa shape index (κ1) is 46.4. The number of aromatic nitrogens is 10. The second kappa shape index (κ2) is 21.4. The van der Waals surface area contributed by atoms with Crippen molar-refractivity contribution in [3.05, 3.63) is 131 Å². The molecule has 16 heteroatoms. The Hall–Kier alpha value is -7.62. The molecule has 0 radical (unpaired) electrons. The topological polar surface area (TPSA) is 188 Å². The number of carbonyl (C=O) groups is 4. The molecule has 0 saturated carbocycles. The number of carbonyl (C=O) groups excluding carboxylic acids is 4. The summed E-state index contributed by atoms with van der Waals surface area (Å²) >= 11 is 0. The number of nitrogens with zero attached hydrogens (tertiary/aromatic N) is 10. The predicted molar refractivity (Wildman–Crippen MR) is 254 cm³/mol. The van der Waals surface area contributed by atoms with Crippen molar-refractivity contribution in [1.29, 1.82) is 0 Å². The summed E-state index contributed by atoms with van der Waals surface area (Å²) in [5, 5.41) is 22.8. The molecule has 0 unspecified atom stereocenters. The number of rotatable bonds is 18. The Morgan fingerprint density at radius 3 is 1.33 bits per heavy atom. The summed E-state index contributed by atoms with van der Waals surface area (Å²) in [4.78, 5) is 56.7. The first-order chi connectivity index (χ1) is 31.8. The van der Waals surface area contributed by atoms with Gasteiger partial charge >= 0.3 is 0 Å². The molecule has 0 aliphatic carbocycles. The molecule has 0 saturated heterocycles. The number of anilines is 2. The van der Waals surface area contributed by atoms with Gasteiger partial charge in [0.05, 0.1) is 23.5 Å². The lowest BCUT2D eigenvalue weighted by molar-refractivity contribution is -0.118. The zero-order valence-corrected chi connectivity index (χ0v) is 38.4. The summed E-state index contributed by atoms with van der Waals surface area (Å²) in [5.74, 6) is 0.0756. The third-order valence-corrected chi connectivity index (χ3v) is 11.2. The minimum Gasteiger partial charge on any atom is -0.322 e. The Balaban J connectivity index is 0.000000197. The van der Waals surface area contributed by atoms with Crippen LogP contribution < -0.4 is 10.6 Å². The monoisotopic (exact) mass is 888 g/mol. The number of Topliss-reactive ketones (excluding diaryl/α,β-unsaturated/α-hetero) is 2. The zero-order chi connectivity index (χ0) is 46.7. The molecule has 2 N–H and O–H groups in total. The Labute approximate surface area is 383 Å². The van der Waals surface area contributed by atoms with Gasteiger partial charge in [0.2, 0.25) is 0 Å². The lowest BCUT2D eigenvalue weighted by Gasteiger charge is -2.07. The smallest absolute Gasteiger partial charge is 0.259 e. The molecule has 340 valence electrons. The van der Waals surface area contributed by atoms with Crippen LogP contribution in [0.3, 0.4) is 0 Å². The standard InChI is InChI=1S/C26H30N6O2.C24H26N6O2/c1-18-16-19(2)32-15-13-23(25(32)27-18)26(34)28-22-11-9-21(10-12-22)24-17-31(30-29-24)14-7-5-4-6-8-20(3)33;1-16-14-17(2)30-13-11-21(23(30)25-16)24(32)26-20-9-7-19(8-10-20)22-15-29(28-27-22)12-5-4-6-18(3)31/h9-13,15-17H,4-8,14H2,1-3H3,(H,28,34);7-11,13-15H,4-6,12H2,1-3H3,(H,26,32). The lowest BCUT2D eigenvalue weighted by Crippen LogP contribution is -2.12. The van der Waals surface area contributed by atoms with Gasteiger partial charge in [-0.15, -0.1) is 10.2 Å². The highest BCUT2D eigenvalue weighted by molar-refractivity contribution is 6.09. The maximum atomic E-state index is 12.9. The van der Waals surface area contributed by atoms with E-state index in [9.17, 15) is 19.2 Å². The summed E-state index contributed by atoms with van der Waals surface area (Å²) in [6.07, 6.45) is 14.7. The van der Waals surface area contributed by atoms with Gasteiger partial charge < -0.3 is 29.0 Å². The van der Waals surface area contributed by atoms with E-state index in [0.29, 0.717) is 46.6 Å². The van der Waals surface area contributed by atoms with E-state index in [-0.39, 0.29) is 23.4 Å². The molecule has 6 aromatic heterocycles. The van der Waals surface area contributed by atoms with Crippen LogP contribution in [0.2, 0.25) is 0 Å². The fourth-order valence-electron chi connectivity index (χ4n) is 7.72. The van der Waals surface area contributed by atoms with Crippen molar-refractivity contribution in [3.63, 3.8) is 0 Å². The minimum atomic E-state index is -0.200. The van der Waals surface area contributed by atoms with Gasteiger partial charge in [-0.1, -0.05) is 47.5 Å². The van der Waals surface area contributed by atoms with E-state index in [0.717, 1.165) is 96.9 Å². The number of fused-ring (bicyclic) bond motifs is 2. The number of aryl methyl sites for hydroxylation is 6. The van der Waals surface area contributed by atoms with Crippen molar-refractivity contribution in [1.82, 2.24) is 48.8 Å². The van der Waals surface area contributed by atoms with Crippen LogP contribution in [0.1, 0.15) is 109 Å². The maximum Gasteiger partial charge on any atom is 0.259 e. The first-order valence-corrected chi connectivity index (χ1v) is 22.3. The molecular weight excluding hydrogens is 833 g/mol. The number of ketones is 2. The van der Waals surface area contributed by atoms with Crippen LogP contribution in [0.15, 0.2) is 97.6 Å². The van der Waals surface area contributed by atoms with Crippen LogP contribution in [-0.4, -0.2) is 72.1 Å². The molecule has 2 aromatic carbocycles. The van der Waals surface area contributed by atoms with Crippen LogP contribution in [0, 0.1) is 27.7 Å². The molecule has 0 fully saturated rings. The Morgan fingerprint density at radius 2 is 0.909 bits per heavy atom. The predicted octanol–water partition coefficient (Wildman–Crippen LogP) is 9.22. The van der Waals surface area contributed by atoms with E-state index in [2.05, 4.69) is 41.2 Å². The highest BCUT2D eigenvalue weighted by Crippen LogP contribution is 2.23. The van der Waals surface area contributed by atoms with Gasteiger partial charge in [0.15, 0.2) is 0 Å². The van der Waals surface area contributed by atoms with E-state index in [4.69, 9.17) is 0 Å². The maximum absolute atomic E-state index is 12.9. The molecule has 16 nitrogen and oxygen atoms in total. The molecule has 8 rings (SSSR count). The van der Waals surface area contributed by atoms with E-state index >= 15 is 0 Å². The second-order valence-electron chi connectivity index (χ2n) is 16.7. The second-order valence-corrected chi connectivity index (χ2v) is 16.7. The minimum absolute atomic E-state index is 0.193.